The van der Waals surface area contributed by atoms with Gasteiger partial charge in [-0.05, 0) is 73.5 Å². The number of hydrogen-bond donors (Lipinski definition) is 0. The molecule has 0 unspecified atom stereocenters. The number of rotatable bonds is 6. The van der Waals surface area contributed by atoms with Gasteiger partial charge in [-0.1, -0.05) is 194 Å². The smallest absolute Gasteiger partial charge is 0.164 e. The van der Waals surface area contributed by atoms with Gasteiger partial charge < -0.3 is 0 Å². The van der Waals surface area contributed by atoms with Crippen LogP contribution in [-0.2, 0) is 5.41 Å². The Morgan fingerprint density at radius 2 is 0.917 bits per heavy atom. The van der Waals surface area contributed by atoms with Gasteiger partial charge in [-0.25, -0.2) is 15.0 Å². The molecule has 60 heavy (non-hydrogen) atoms. The topological polar surface area (TPSA) is 38.7 Å². The van der Waals surface area contributed by atoms with Crippen LogP contribution in [0.25, 0.3) is 87.4 Å². The molecular formula is C56H35N3S. The minimum atomic E-state index is -0.452. The zero-order valence-corrected chi connectivity index (χ0v) is 33.3. The minimum Gasteiger partial charge on any atom is -0.208 e. The molecule has 0 amide bonds. The number of fused-ring (bicyclic) bond motifs is 7. The Hall–Kier alpha value is -7.53. The maximum absolute atomic E-state index is 5.23. The van der Waals surface area contributed by atoms with E-state index in [1.54, 1.807) is 0 Å². The van der Waals surface area contributed by atoms with Crippen molar-refractivity contribution in [2.45, 2.75) is 5.41 Å². The van der Waals surface area contributed by atoms with E-state index in [-0.39, 0.29) is 0 Å². The van der Waals surface area contributed by atoms with Crippen LogP contribution in [-0.4, -0.2) is 15.0 Å². The van der Waals surface area contributed by atoms with Crippen LogP contribution >= 0.6 is 11.3 Å². The van der Waals surface area contributed by atoms with Gasteiger partial charge in [0.1, 0.15) is 0 Å². The van der Waals surface area contributed by atoms with Crippen molar-refractivity contribution in [3.05, 3.63) is 235 Å². The van der Waals surface area contributed by atoms with Gasteiger partial charge in [0.05, 0.1) is 5.41 Å². The standard InChI is InChI=1S/C56H35N3S/c1-3-17-37(18-4-1)53-57-54(39-31-30-36-16-7-8-19-38(36)34-39)59-55(58-53)46-25-10-9-22-42(46)45-26-15-29-50-52(45)47-33-32-41(35-51(47)60-50)56(40-20-5-2-6-21-40)48-27-13-11-23-43(48)44-24-12-14-28-49(44)56/h1-35H. The van der Waals surface area contributed by atoms with E-state index in [1.807, 2.05) is 29.5 Å². The molecule has 2 aromatic heterocycles. The molecular weight excluding hydrogens is 747 g/mol. The molecule has 0 aliphatic heterocycles. The summed E-state index contributed by atoms with van der Waals surface area (Å²) in [5.74, 6) is 1.94. The summed E-state index contributed by atoms with van der Waals surface area (Å²) in [6.45, 7) is 0. The zero-order valence-electron chi connectivity index (χ0n) is 32.5. The summed E-state index contributed by atoms with van der Waals surface area (Å²) in [6.07, 6.45) is 0. The van der Waals surface area contributed by atoms with Crippen molar-refractivity contribution in [3.63, 3.8) is 0 Å². The van der Waals surface area contributed by atoms with Crippen molar-refractivity contribution in [1.29, 1.82) is 0 Å². The number of hydrogen-bond acceptors (Lipinski definition) is 4. The Balaban J connectivity index is 1.05. The fourth-order valence-corrected chi connectivity index (χ4v) is 10.8. The molecule has 0 bridgehead atoms. The van der Waals surface area contributed by atoms with E-state index in [2.05, 4.69) is 194 Å². The third-order valence-electron chi connectivity index (χ3n) is 12.2. The molecule has 0 N–H and O–H groups in total. The highest BCUT2D eigenvalue weighted by Crippen LogP contribution is 2.57. The second kappa shape index (κ2) is 13.8. The molecule has 0 saturated heterocycles. The Labute approximate surface area is 352 Å². The average molecular weight is 782 g/mol. The lowest BCUT2D eigenvalue weighted by Gasteiger charge is -2.33. The summed E-state index contributed by atoms with van der Waals surface area (Å²) in [7, 11) is 0. The van der Waals surface area contributed by atoms with Crippen molar-refractivity contribution >= 4 is 42.3 Å². The highest BCUT2D eigenvalue weighted by molar-refractivity contribution is 7.26. The van der Waals surface area contributed by atoms with Crippen LogP contribution in [0.2, 0.25) is 0 Å². The monoisotopic (exact) mass is 781 g/mol. The molecule has 4 heteroatoms. The summed E-state index contributed by atoms with van der Waals surface area (Å²) in [6, 6.07) is 76.4. The Morgan fingerprint density at radius 1 is 0.333 bits per heavy atom. The predicted molar refractivity (Wildman–Crippen MR) is 249 cm³/mol. The van der Waals surface area contributed by atoms with Gasteiger partial charge in [-0.15, -0.1) is 11.3 Å². The number of benzene rings is 9. The van der Waals surface area contributed by atoms with Crippen LogP contribution in [0.3, 0.4) is 0 Å². The van der Waals surface area contributed by atoms with Gasteiger partial charge >= 0.3 is 0 Å². The molecule has 2 heterocycles. The van der Waals surface area contributed by atoms with E-state index < -0.39 is 5.41 Å². The molecule has 1 aliphatic rings. The van der Waals surface area contributed by atoms with Gasteiger partial charge in [0, 0.05) is 36.9 Å². The van der Waals surface area contributed by atoms with Gasteiger partial charge in [-0.3, -0.25) is 0 Å². The van der Waals surface area contributed by atoms with Crippen LogP contribution in [0, 0.1) is 0 Å². The fourth-order valence-electron chi connectivity index (χ4n) is 9.58. The quantitative estimate of drug-likeness (QED) is 0.169. The Morgan fingerprint density at radius 3 is 1.67 bits per heavy atom. The van der Waals surface area contributed by atoms with Crippen molar-refractivity contribution in [3.8, 4) is 56.4 Å². The molecule has 11 aromatic rings. The second-order valence-electron chi connectivity index (χ2n) is 15.5. The first-order valence-electron chi connectivity index (χ1n) is 20.4. The predicted octanol–water partition coefficient (Wildman–Crippen LogP) is 14.4. The molecule has 0 spiro atoms. The average Bonchev–Trinajstić information content (AvgIpc) is 3.85. The number of nitrogens with zero attached hydrogens (tertiary/aromatic N) is 3. The van der Waals surface area contributed by atoms with E-state index >= 15 is 0 Å². The summed E-state index contributed by atoms with van der Waals surface area (Å²) in [5.41, 5.74) is 12.4. The normalized spacial score (nSPS) is 12.8. The Kier molecular flexibility index (Phi) is 7.94. The lowest BCUT2D eigenvalue weighted by Crippen LogP contribution is -2.28. The van der Waals surface area contributed by atoms with Crippen molar-refractivity contribution < 1.29 is 0 Å². The first-order chi connectivity index (χ1) is 29.7. The van der Waals surface area contributed by atoms with E-state index in [0.717, 1.165) is 33.2 Å². The van der Waals surface area contributed by atoms with Crippen LogP contribution < -0.4 is 0 Å². The van der Waals surface area contributed by atoms with Gasteiger partial charge in [0.15, 0.2) is 17.5 Å². The van der Waals surface area contributed by atoms with Gasteiger partial charge in [-0.2, -0.15) is 0 Å². The van der Waals surface area contributed by atoms with E-state index in [9.17, 15) is 0 Å². The van der Waals surface area contributed by atoms with Crippen LogP contribution in [0.4, 0.5) is 0 Å². The highest BCUT2D eigenvalue weighted by Gasteiger charge is 2.46. The molecule has 0 saturated carbocycles. The van der Waals surface area contributed by atoms with Crippen LogP contribution in [0.1, 0.15) is 22.3 Å². The number of thiophene rings is 1. The third kappa shape index (κ3) is 5.31. The van der Waals surface area contributed by atoms with Crippen LogP contribution in [0.5, 0.6) is 0 Å². The van der Waals surface area contributed by atoms with Gasteiger partial charge in [0.25, 0.3) is 0 Å². The molecule has 1 aliphatic carbocycles. The van der Waals surface area contributed by atoms with E-state index in [1.165, 1.54) is 58.9 Å². The summed E-state index contributed by atoms with van der Waals surface area (Å²) >= 11 is 1.86. The molecule has 0 atom stereocenters. The SMILES string of the molecule is c1ccc(-c2nc(-c3ccc4ccccc4c3)nc(-c3ccccc3-c3cccc4sc5cc(C6(c7ccccc7)c7ccccc7-c7ccccc76)ccc5c34)n2)cc1. The lowest BCUT2D eigenvalue weighted by molar-refractivity contribution is 0.770. The molecule has 0 radical (unpaired) electrons. The largest absolute Gasteiger partial charge is 0.208 e. The van der Waals surface area contributed by atoms with Crippen LogP contribution in [0.15, 0.2) is 212 Å². The Bertz CT molecular complexity index is 3400. The first kappa shape index (κ1) is 34.5. The summed E-state index contributed by atoms with van der Waals surface area (Å²) < 4.78 is 2.50. The van der Waals surface area contributed by atoms with Crippen molar-refractivity contribution in [1.82, 2.24) is 15.0 Å². The summed E-state index contributed by atoms with van der Waals surface area (Å²) in [5, 5.41) is 4.81. The molecule has 280 valence electrons. The molecule has 9 aromatic carbocycles. The highest BCUT2D eigenvalue weighted by atomic mass is 32.1. The van der Waals surface area contributed by atoms with Crippen molar-refractivity contribution in [2.75, 3.05) is 0 Å². The first-order valence-corrected chi connectivity index (χ1v) is 21.2. The van der Waals surface area contributed by atoms with Gasteiger partial charge in [0.2, 0.25) is 0 Å². The molecule has 0 fully saturated rings. The fraction of sp³-hybridized carbons (Fsp3) is 0.0179. The van der Waals surface area contributed by atoms with Crippen molar-refractivity contribution in [2.24, 2.45) is 0 Å². The van der Waals surface area contributed by atoms with E-state index in [0.29, 0.717) is 17.5 Å². The second-order valence-corrected chi connectivity index (χ2v) is 16.6. The zero-order chi connectivity index (χ0) is 39.6. The lowest BCUT2D eigenvalue weighted by atomic mass is 9.67. The maximum Gasteiger partial charge on any atom is 0.164 e. The van der Waals surface area contributed by atoms with E-state index in [4.69, 9.17) is 15.0 Å². The number of aromatic nitrogens is 3. The summed E-state index contributed by atoms with van der Waals surface area (Å²) in [4.78, 5) is 15.5. The third-order valence-corrected chi connectivity index (χ3v) is 13.3. The molecule has 12 rings (SSSR count). The maximum atomic E-state index is 5.23. The minimum absolute atomic E-state index is 0.452. The molecule has 3 nitrogen and oxygen atoms in total.